The number of carbonyl (C=O) groups excluding carboxylic acids is 1. The monoisotopic (exact) mass is 268 g/mol. The average molecular weight is 268 g/mol. The standard InChI is InChI=1S/C12H16N2O5/c1-18-5-4-14-11(15)7-19-10-3-2-8(12(16)17)6-9(10)13/h2-3,6H,4-5,7,13H2,1H3,(H,14,15)(H,16,17). The summed E-state index contributed by atoms with van der Waals surface area (Å²) in [5.41, 5.74) is 5.86. The van der Waals surface area contributed by atoms with Gasteiger partial charge in [0.2, 0.25) is 0 Å². The fraction of sp³-hybridized carbons (Fsp3) is 0.333. The number of anilines is 1. The number of aromatic carboxylic acids is 1. The highest BCUT2D eigenvalue weighted by Gasteiger charge is 2.08. The molecule has 0 aliphatic rings. The van der Waals surface area contributed by atoms with Crippen LogP contribution in [0.5, 0.6) is 5.75 Å². The predicted octanol–water partition coefficient (Wildman–Crippen LogP) is 0.108. The Labute approximate surface area is 110 Å². The van der Waals surface area contributed by atoms with Crippen LogP contribution in [0.2, 0.25) is 0 Å². The van der Waals surface area contributed by atoms with Gasteiger partial charge in [0, 0.05) is 13.7 Å². The van der Waals surface area contributed by atoms with Crippen LogP contribution in [0.25, 0.3) is 0 Å². The third kappa shape index (κ3) is 4.84. The minimum absolute atomic E-state index is 0.0643. The SMILES string of the molecule is COCCNC(=O)COc1ccc(C(=O)O)cc1N. The quantitative estimate of drug-likeness (QED) is 0.478. The van der Waals surface area contributed by atoms with Crippen LogP contribution in [0.15, 0.2) is 18.2 Å². The van der Waals surface area contributed by atoms with E-state index >= 15 is 0 Å². The number of hydrogen-bond acceptors (Lipinski definition) is 5. The Morgan fingerprint density at radius 3 is 2.74 bits per heavy atom. The van der Waals surface area contributed by atoms with Crippen molar-refractivity contribution in [2.75, 3.05) is 32.6 Å². The molecular weight excluding hydrogens is 252 g/mol. The number of amides is 1. The number of benzene rings is 1. The Morgan fingerprint density at radius 1 is 1.42 bits per heavy atom. The summed E-state index contributed by atoms with van der Waals surface area (Å²) >= 11 is 0. The number of rotatable bonds is 7. The van der Waals surface area contributed by atoms with E-state index in [1.54, 1.807) is 0 Å². The van der Waals surface area contributed by atoms with E-state index < -0.39 is 5.97 Å². The van der Waals surface area contributed by atoms with Crippen molar-refractivity contribution in [2.24, 2.45) is 0 Å². The molecule has 7 heteroatoms. The molecule has 1 amide bonds. The molecule has 0 unspecified atom stereocenters. The summed E-state index contributed by atoms with van der Waals surface area (Å²) < 4.78 is 9.97. The molecule has 1 aromatic rings. The summed E-state index contributed by atoms with van der Waals surface area (Å²) in [5, 5.41) is 11.3. The summed E-state index contributed by atoms with van der Waals surface area (Å²) in [7, 11) is 1.54. The first-order valence-electron chi connectivity index (χ1n) is 5.56. The van der Waals surface area contributed by atoms with Crippen molar-refractivity contribution in [3.63, 3.8) is 0 Å². The lowest BCUT2D eigenvalue weighted by Gasteiger charge is -2.09. The maximum Gasteiger partial charge on any atom is 0.335 e. The highest BCUT2D eigenvalue weighted by molar-refractivity contribution is 5.89. The van der Waals surface area contributed by atoms with E-state index in [2.05, 4.69) is 5.32 Å². The van der Waals surface area contributed by atoms with Gasteiger partial charge in [-0.15, -0.1) is 0 Å². The predicted molar refractivity (Wildman–Crippen MR) is 68.2 cm³/mol. The molecule has 4 N–H and O–H groups in total. The van der Waals surface area contributed by atoms with E-state index in [1.807, 2.05) is 0 Å². The largest absolute Gasteiger partial charge is 0.482 e. The Bertz CT molecular complexity index is 461. The first kappa shape index (κ1) is 14.8. The summed E-state index contributed by atoms with van der Waals surface area (Å²) in [6.45, 7) is 0.619. The fourth-order valence-electron chi connectivity index (χ4n) is 1.30. The summed E-state index contributed by atoms with van der Waals surface area (Å²) in [5.74, 6) is -1.11. The number of carbonyl (C=O) groups is 2. The molecule has 0 bridgehead atoms. The van der Waals surface area contributed by atoms with Crippen molar-refractivity contribution in [1.82, 2.24) is 5.32 Å². The maximum absolute atomic E-state index is 11.4. The smallest absolute Gasteiger partial charge is 0.335 e. The minimum Gasteiger partial charge on any atom is -0.482 e. The number of methoxy groups -OCH3 is 1. The molecule has 0 aliphatic heterocycles. The third-order valence-electron chi connectivity index (χ3n) is 2.24. The van der Waals surface area contributed by atoms with Crippen molar-refractivity contribution in [3.8, 4) is 5.75 Å². The molecule has 0 saturated carbocycles. The molecule has 19 heavy (non-hydrogen) atoms. The summed E-state index contributed by atoms with van der Waals surface area (Å²) in [4.78, 5) is 22.1. The molecule has 104 valence electrons. The van der Waals surface area contributed by atoms with E-state index in [-0.39, 0.29) is 29.5 Å². The number of nitrogens with two attached hydrogens (primary N) is 1. The molecule has 0 atom stereocenters. The molecule has 0 radical (unpaired) electrons. The van der Waals surface area contributed by atoms with Gasteiger partial charge in [0.1, 0.15) is 5.75 Å². The van der Waals surface area contributed by atoms with E-state index in [4.69, 9.17) is 20.3 Å². The van der Waals surface area contributed by atoms with Crippen molar-refractivity contribution < 1.29 is 24.2 Å². The molecule has 0 aromatic heterocycles. The van der Waals surface area contributed by atoms with Crippen LogP contribution in [0, 0.1) is 0 Å². The van der Waals surface area contributed by atoms with Gasteiger partial charge < -0.3 is 25.6 Å². The van der Waals surface area contributed by atoms with E-state index in [0.29, 0.717) is 13.2 Å². The van der Waals surface area contributed by atoms with Crippen molar-refractivity contribution in [2.45, 2.75) is 0 Å². The first-order chi connectivity index (χ1) is 9.04. The van der Waals surface area contributed by atoms with Crippen molar-refractivity contribution in [1.29, 1.82) is 0 Å². The number of ether oxygens (including phenoxy) is 2. The number of carboxylic acid groups (broad SMARTS) is 1. The Kier molecular flexibility index (Phi) is 5.62. The fourth-order valence-corrected chi connectivity index (χ4v) is 1.30. The van der Waals surface area contributed by atoms with Crippen LogP contribution in [0.3, 0.4) is 0 Å². The van der Waals surface area contributed by atoms with E-state index in [1.165, 1.54) is 25.3 Å². The average Bonchev–Trinajstić information content (AvgIpc) is 2.37. The Hall–Kier alpha value is -2.28. The van der Waals surface area contributed by atoms with Gasteiger partial charge in [-0.2, -0.15) is 0 Å². The first-order valence-corrected chi connectivity index (χ1v) is 5.56. The molecular formula is C12H16N2O5. The number of carboxylic acids is 1. The summed E-state index contributed by atoms with van der Waals surface area (Å²) in [6.07, 6.45) is 0. The van der Waals surface area contributed by atoms with Gasteiger partial charge in [0.15, 0.2) is 6.61 Å². The normalized spacial score (nSPS) is 9.95. The zero-order chi connectivity index (χ0) is 14.3. The lowest BCUT2D eigenvalue weighted by Crippen LogP contribution is -2.31. The second kappa shape index (κ2) is 7.22. The highest BCUT2D eigenvalue weighted by atomic mass is 16.5. The summed E-state index contributed by atoms with van der Waals surface area (Å²) in [6, 6.07) is 4.05. The van der Waals surface area contributed by atoms with Gasteiger partial charge in [-0.3, -0.25) is 4.79 Å². The van der Waals surface area contributed by atoms with Crippen LogP contribution < -0.4 is 15.8 Å². The zero-order valence-electron chi connectivity index (χ0n) is 10.5. The van der Waals surface area contributed by atoms with Gasteiger partial charge in [-0.05, 0) is 18.2 Å². The molecule has 0 fully saturated rings. The molecule has 0 spiro atoms. The highest BCUT2D eigenvalue weighted by Crippen LogP contribution is 2.22. The molecule has 7 nitrogen and oxygen atoms in total. The van der Waals surface area contributed by atoms with Crippen molar-refractivity contribution in [3.05, 3.63) is 23.8 Å². The van der Waals surface area contributed by atoms with Crippen LogP contribution in [-0.2, 0) is 9.53 Å². The van der Waals surface area contributed by atoms with Gasteiger partial charge in [-0.25, -0.2) is 4.79 Å². The van der Waals surface area contributed by atoms with Gasteiger partial charge in [0.25, 0.3) is 5.91 Å². The van der Waals surface area contributed by atoms with Crippen molar-refractivity contribution >= 4 is 17.6 Å². The Balaban J connectivity index is 2.49. The Morgan fingerprint density at radius 2 is 2.16 bits per heavy atom. The van der Waals surface area contributed by atoms with Crippen LogP contribution in [-0.4, -0.2) is 43.9 Å². The van der Waals surface area contributed by atoms with Crippen LogP contribution in [0.4, 0.5) is 5.69 Å². The van der Waals surface area contributed by atoms with Crippen LogP contribution >= 0.6 is 0 Å². The van der Waals surface area contributed by atoms with E-state index in [9.17, 15) is 9.59 Å². The zero-order valence-corrected chi connectivity index (χ0v) is 10.5. The number of hydrogen-bond donors (Lipinski definition) is 3. The topological polar surface area (TPSA) is 111 Å². The lowest BCUT2D eigenvalue weighted by atomic mass is 10.2. The number of nitrogen functional groups attached to an aromatic ring is 1. The van der Waals surface area contributed by atoms with Gasteiger partial charge >= 0.3 is 5.97 Å². The third-order valence-corrected chi connectivity index (χ3v) is 2.24. The lowest BCUT2D eigenvalue weighted by molar-refractivity contribution is -0.123. The molecule has 1 aromatic carbocycles. The van der Waals surface area contributed by atoms with Gasteiger partial charge in [0.05, 0.1) is 17.9 Å². The molecule has 0 heterocycles. The molecule has 1 rings (SSSR count). The second-order valence-corrected chi connectivity index (χ2v) is 3.69. The second-order valence-electron chi connectivity index (χ2n) is 3.69. The number of nitrogens with one attached hydrogen (secondary N) is 1. The maximum atomic E-state index is 11.4. The minimum atomic E-state index is -1.07. The molecule has 0 saturated heterocycles. The van der Waals surface area contributed by atoms with Crippen LogP contribution in [0.1, 0.15) is 10.4 Å². The molecule has 0 aliphatic carbocycles. The van der Waals surface area contributed by atoms with Gasteiger partial charge in [-0.1, -0.05) is 0 Å². The van der Waals surface area contributed by atoms with E-state index in [0.717, 1.165) is 0 Å².